The largest absolute Gasteiger partial charge is 0.502 e. The molecule has 19 heavy (non-hydrogen) atoms. The zero-order valence-corrected chi connectivity index (χ0v) is 10.1. The number of primary amides is 1. The van der Waals surface area contributed by atoms with Gasteiger partial charge in [-0.05, 0) is 12.0 Å². The molecule has 0 aliphatic rings. The minimum atomic E-state index is -1.02. The molecule has 0 spiro atoms. The Balaban J connectivity index is 2.06. The summed E-state index contributed by atoms with van der Waals surface area (Å²) >= 11 is 0. The van der Waals surface area contributed by atoms with Crippen LogP contribution in [0.15, 0.2) is 36.5 Å². The van der Waals surface area contributed by atoms with Crippen molar-refractivity contribution in [1.29, 1.82) is 0 Å². The van der Waals surface area contributed by atoms with Gasteiger partial charge in [0.15, 0.2) is 5.75 Å². The molecule has 98 valence electrons. The van der Waals surface area contributed by atoms with E-state index in [9.17, 15) is 9.90 Å². The molecular weight excluding hydrogens is 246 g/mol. The number of nitrogens with two attached hydrogens (primary N) is 1. The quantitative estimate of drug-likeness (QED) is 0.865. The molecular formula is C13H13N3O3. The van der Waals surface area contributed by atoms with Crippen molar-refractivity contribution >= 4 is 6.09 Å². The second kappa shape index (κ2) is 5.81. The maximum atomic E-state index is 10.6. The summed E-state index contributed by atoms with van der Waals surface area (Å²) in [6, 6.07) is 9.85. The molecule has 0 radical (unpaired) electrons. The van der Waals surface area contributed by atoms with Crippen molar-refractivity contribution in [2.75, 3.05) is 0 Å². The Labute approximate surface area is 109 Å². The normalized spacial score (nSPS) is 10.1. The summed E-state index contributed by atoms with van der Waals surface area (Å²) < 4.78 is 4.58. The highest BCUT2D eigenvalue weighted by molar-refractivity contribution is 5.68. The number of ether oxygens (including phenoxy) is 1. The third-order valence-corrected chi connectivity index (χ3v) is 2.46. The van der Waals surface area contributed by atoms with Gasteiger partial charge < -0.3 is 15.6 Å². The van der Waals surface area contributed by atoms with Crippen LogP contribution >= 0.6 is 0 Å². The molecule has 6 nitrogen and oxygen atoms in total. The van der Waals surface area contributed by atoms with Crippen LogP contribution in [0, 0.1) is 0 Å². The number of aryl methyl sites for hydroxylation is 2. The van der Waals surface area contributed by atoms with Gasteiger partial charge in [0.25, 0.3) is 5.88 Å². The van der Waals surface area contributed by atoms with E-state index in [1.807, 2.05) is 30.3 Å². The van der Waals surface area contributed by atoms with E-state index in [0.717, 1.165) is 12.0 Å². The van der Waals surface area contributed by atoms with E-state index in [0.29, 0.717) is 12.2 Å². The summed E-state index contributed by atoms with van der Waals surface area (Å²) in [5, 5.41) is 9.41. The van der Waals surface area contributed by atoms with Gasteiger partial charge in [-0.2, -0.15) is 4.98 Å². The first-order valence-corrected chi connectivity index (χ1v) is 5.71. The van der Waals surface area contributed by atoms with Gasteiger partial charge in [-0.25, -0.2) is 9.78 Å². The van der Waals surface area contributed by atoms with Crippen molar-refractivity contribution in [2.24, 2.45) is 5.73 Å². The van der Waals surface area contributed by atoms with Crippen LogP contribution in [0.3, 0.4) is 0 Å². The fraction of sp³-hybridized carbons (Fsp3) is 0.154. The van der Waals surface area contributed by atoms with Gasteiger partial charge in [0.2, 0.25) is 0 Å². The molecule has 0 aliphatic carbocycles. The summed E-state index contributed by atoms with van der Waals surface area (Å²) in [6.07, 6.45) is 1.48. The highest BCUT2D eigenvalue weighted by atomic mass is 16.6. The van der Waals surface area contributed by atoms with Crippen LogP contribution in [-0.4, -0.2) is 21.2 Å². The molecule has 3 N–H and O–H groups in total. The van der Waals surface area contributed by atoms with Crippen molar-refractivity contribution in [2.45, 2.75) is 12.8 Å². The lowest BCUT2D eigenvalue weighted by atomic mass is 10.1. The molecule has 0 aliphatic heterocycles. The Morgan fingerprint density at radius 3 is 2.68 bits per heavy atom. The lowest BCUT2D eigenvalue weighted by molar-refractivity contribution is 0.206. The van der Waals surface area contributed by atoms with E-state index in [1.54, 1.807) is 0 Å². The summed E-state index contributed by atoms with van der Waals surface area (Å²) in [7, 11) is 0. The lowest BCUT2D eigenvalue weighted by Crippen LogP contribution is -2.17. The van der Waals surface area contributed by atoms with Crippen LogP contribution in [0.4, 0.5) is 4.79 Å². The Hall–Kier alpha value is -2.63. The average Bonchev–Trinajstić information content (AvgIpc) is 2.40. The Bertz CT molecular complexity index is 573. The molecule has 0 saturated heterocycles. The molecule has 0 bridgehead atoms. The molecule has 1 heterocycles. The predicted molar refractivity (Wildman–Crippen MR) is 67.8 cm³/mol. The van der Waals surface area contributed by atoms with E-state index < -0.39 is 6.09 Å². The fourth-order valence-corrected chi connectivity index (χ4v) is 1.59. The van der Waals surface area contributed by atoms with Gasteiger partial charge in [-0.3, -0.25) is 0 Å². The number of hydrogen-bond acceptors (Lipinski definition) is 5. The van der Waals surface area contributed by atoms with E-state index in [2.05, 4.69) is 14.7 Å². The molecule has 1 aromatic heterocycles. The number of rotatable bonds is 4. The number of amides is 1. The highest BCUT2D eigenvalue weighted by Crippen LogP contribution is 2.21. The van der Waals surface area contributed by atoms with E-state index in [4.69, 9.17) is 5.73 Å². The third-order valence-electron chi connectivity index (χ3n) is 2.46. The van der Waals surface area contributed by atoms with Crippen molar-refractivity contribution < 1.29 is 14.6 Å². The van der Waals surface area contributed by atoms with Crippen LogP contribution in [0.25, 0.3) is 0 Å². The van der Waals surface area contributed by atoms with E-state index in [-0.39, 0.29) is 11.6 Å². The lowest BCUT2D eigenvalue weighted by Gasteiger charge is -2.05. The summed E-state index contributed by atoms with van der Waals surface area (Å²) in [5.74, 6) is -0.0641. The van der Waals surface area contributed by atoms with E-state index >= 15 is 0 Å². The minimum Gasteiger partial charge on any atom is -0.502 e. The number of nitrogens with zero attached hydrogens (tertiary/aromatic N) is 2. The SMILES string of the molecule is NC(=O)Oc1nc(CCc2ccccc2)ncc1O. The number of carbonyl (C=O) groups is 1. The van der Waals surface area contributed by atoms with Crippen molar-refractivity contribution in [3.05, 3.63) is 47.9 Å². The third kappa shape index (κ3) is 3.67. The topological polar surface area (TPSA) is 98.3 Å². The van der Waals surface area contributed by atoms with Gasteiger partial charge in [-0.15, -0.1) is 0 Å². The first kappa shape index (κ1) is 12.8. The Morgan fingerprint density at radius 2 is 2.00 bits per heavy atom. The zero-order valence-electron chi connectivity index (χ0n) is 10.1. The predicted octanol–water partition coefficient (Wildman–Crippen LogP) is 1.42. The van der Waals surface area contributed by atoms with Crippen LogP contribution in [0.5, 0.6) is 11.6 Å². The summed E-state index contributed by atoms with van der Waals surface area (Å²) in [4.78, 5) is 18.6. The van der Waals surface area contributed by atoms with Gasteiger partial charge in [0.1, 0.15) is 5.82 Å². The minimum absolute atomic E-state index is 0.217. The highest BCUT2D eigenvalue weighted by Gasteiger charge is 2.10. The summed E-state index contributed by atoms with van der Waals surface area (Å²) in [5.41, 5.74) is 6.03. The zero-order chi connectivity index (χ0) is 13.7. The van der Waals surface area contributed by atoms with Crippen LogP contribution in [-0.2, 0) is 12.8 Å². The number of benzene rings is 1. The smallest absolute Gasteiger partial charge is 0.411 e. The first-order valence-electron chi connectivity index (χ1n) is 5.71. The van der Waals surface area contributed by atoms with Gasteiger partial charge in [0, 0.05) is 6.42 Å². The van der Waals surface area contributed by atoms with Crippen LogP contribution in [0.1, 0.15) is 11.4 Å². The number of aromatic nitrogens is 2. The second-order valence-corrected chi connectivity index (χ2v) is 3.88. The van der Waals surface area contributed by atoms with Crippen molar-refractivity contribution in [3.8, 4) is 11.6 Å². The van der Waals surface area contributed by atoms with Crippen LogP contribution in [0.2, 0.25) is 0 Å². The monoisotopic (exact) mass is 259 g/mol. The van der Waals surface area contributed by atoms with Crippen molar-refractivity contribution in [1.82, 2.24) is 9.97 Å². The molecule has 1 amide bonds. The molecule has 1 aromatic carbocycles. The average molecular weight is 259 g/mol. The standard InChI is InChI=1S/C13H13N3O3/c14-13(18)19-12-10(17)8-15-11(16-12)7-6-9-4-2-1-3-5-9/h1-5,8,17H,6-7H2,(H2,14,18). The maximum Gasteiger partial charge on any atom is 0.411 e. The fourth-order valence-electron chi connectivity index (χ4n) is 1.59. The van der Waals surface area contributed by atoms with Gasteiger partial charge in [0.05, 0.1) is 6.20 Å². The molecule has 0 unspecified atom stereocenters. The molecule has 6 heteroatoms. The Kier molecular flexibility index (Phi) is 3.92. The second-order valence-electron chi connectivity index (χ2n) is 3.88. The summed E-state index contributed by atoms with van der Waals surface area (Å²) in [6.45, 7) is 0. The Morgan fingerprint density at radius 1 is 1.26 bits per heavy atom. The number of aromatic hydroxyl groups is 1. The first-order chi connectivity index (χ1) is 9.15. The molecule has 0 fully saturated rings. The molecule has 2 rings (SSSR count). The molecule has 0 saturated carbocycles. The van der Waals surface area contributed by atoms with Crippen LogP contribution < -0.4 is 10.5 Å². The van der Waals surface area contributed by atoms with Crippen molar-refractivity contribution in [3.63, 3.8) is 0 Å². The van der Waals surface area contributed by atoms with E-state index in [1.165, 1.54) is 6.20 Å². The maximum absolute atomic E-state index is 10.6. The molecule has 2 aromatic rings. The molecule has 0 atom stereocenters. The number of carbonyl (C=O) groups excluding carboxylic acids is 1. The van der Waals surface area contributed by atoms with Gasteiger partial charge >= 0.3 is 6.09 Å². The number of hydrogen-bond donors (Lipinski definition) is 2. The van der Waals surface area contributed by atoms with Gasteiger partial charge in [-0.1, -0.05) is 30.3 Å².